The second-order valence-electron chi connectivity index (χ2n) is 10.8. The molecule has 0 bridgehead atoms. The SMILES string of the molecule is CCCCCC(C)NC(=O)N1CCC(=O)c2cc(-c3ccc(C4CCC(CC(=O)O)CC4)cc3)ccc21. The molecule has 1 unspecified atom stereocenters. The molecule has 198 valence electrons. The van der Waals surface area contributed by atoms with Crippen LogP contribution in [0.25, 0.3) is 11.1 Å². The molecule has 0 saturated heterocycles. The second kappa shape index (κ2) is 12.4. The lowest BCUT2D eigenvalue weighted by atomic mass is 9.77. The first-order valence-corrected chi connectivity index (χ1v) is 13.9. The Labute approximate surface area is 220 Å². The molecular formula is C31H40N2O4. The van der Waals surface area contributed by atoms with Crippen molar-refractivity contribution in [3.05, 3.63) is 53.6 Å². The summed E-state index contributed by atoms with van der Waals surface area (Å²) in [5.41, 5.74) is 4.61. The summed E-state index contributed by atoms with van der Waals surface area (Å²) in [6.45, 7) is 4.62. The molecule has 2 aromatic carbocycles. The molecule has 2 amide bonds. The van der Waals surface area contributed by atoms with Gasteiger partial charge in [-0.05, 0) is 79.7 Å². The normalized spacial score (nSPS) is 20.3. The molecule has 0 aromatic heterocycles. The summed E-state index contributed by atoms with van der Waals surface area (Å²) >= 11 is 0. The Balaban J connectivity index is 1.43. The van der Waals surface area contributed by atoms with E-state index in [4.69, 9.17) is 5.11 Å². The van der Waals surface area contributed by atoms with Crippen LogP contribution in [-0.2, 0) is 4.79 Å². The minimum Gasteiger partial charge on any atom is -0.481 e. The van der Waals surface area contributed by atoms with Gasteiger partial charge in [0.2, 0.25) is 0 Å². The summed E-state index contributed by atoms with van der Waals surface area (Å²) in [5, 5.41) is 12.2. The van der Waals surface area contributed by atoms with E-state index in [1.54, 1.807) is 4.90 Å². The van der Waals surface area contributed by atoms with Gasteiger partial charge in [-0.15, -0.1) is 0 Å². The number of nitrogens with zero attached hydrogens (tertiary/aromatic N) is 1. The van der Waals surface area contributed by atoms with Gasteiger partial charge in [-0.25, -0.2) is 4.79 Å². The molecule has 2 N–H and O–H groups in total. The quantitative estimate of drug-likeness (QED) is 0.354. The van der Waals surface area contributed by atoms with E-state index < -0.39 is 5.97 Å². The van der Waals surface area contributed by atoms with E-state index in [9.17, 15) is 14.4 Å². The van der Waals surface area contributed by atoms with Gasteiger partial charge < -0.3 is 10.4 Å². The van der Waals surface area contributed by atoms with Gasteiger partial charge >= 0.3 is 12.0 Å². The molecule has 6 nitrogen and oxygen atoms in total. The summed E-state index contributed by atoms with van der Waals surface area (Å²) < 4.78 is 0. The van der Waals surface area contributed by atoms with Crippen LogP contribution in [0.1, 0.15) is 99.9 Å². The number of carboxylic acid groups (broad SMARTS) is 1. The molecule has 2 aliphatic rings. The van der Waals surface area contributed by atoms with Crippen molar-refractivity contribution in [2.45, 2.75) is 90.0 Å². The maximum atomic E-state index is 13.0. The van der Waals surface area contributed by atoms with E-state index in [2.05, 4.69) is 36.5 Å². The monoisotopic (exact) mass is 504 g/mol. The third kappa shape index (κ3) is 6.79. The highest BCUT2D eigenvalue weighted by Crippen LogP contribution is 2.38. The molecule has 1 saturated carbocycles. The Hall–Kier alpha value is -3.15. The van der Waals surface area contributed by atoms with Crippen molar-refractivity contribution in [1.29, 1.82) is 0 Å². The van der Waals surface area contributed by atoms with Gasteiger partial charge in [0, 0.05) is 31.0 Å². The molecule has 1 atom stereocenters. The average molecular weight is 505 g/mol. The van der Waals surface area contributed by atoms with Crippen molar-refractivity contribution in [2.75, 3.05) is 11.4 Å². The van der Waals surface area contributed by atoms with Gasteiger partial charge in [0.05, 0.1) is 5.69 Å². The number of amides is 2. The van der Waals surface area contributed by atoms with Crippen LogP contribution in [0.4, 0.5) is 10.5 Å². The van der Waals surface area contributed by atoms with Gasteiger partial charge in [-0.3, -0.25) is 14.5 Å². The Morgan fingerprint density at radius 1 is 1.03 bits per heavy atom. The number of urea groups is 1. The molecule has 1 aliphatic carbocycles. The number of unbranched alkanes of at least 4 members (excludes halogenated alkanes) is 2. The van der Waals surface area contributed by atoms with Crippen molar-refractivity contribution < 1.29 is 19.5 Å². The highest BCUT2D eigenvalue weighted by atomic mass is 16.4. The first-order chi connectivity index (χ1) is 17.9. The average Bonchev–Trinajstić information content (AvgIpc) is 2.89. The van der Waals surface area contributed by atoms with Crippen LogP contribution >= 0.6 is 0 Å². The molecule has 1 fully saturated rings. The molecule has 1 aliphatic heterocycles. The smallest absolute Gasteiger partial charge is 0.322 e. The van der Waals surface area contributed by atoms with Gasteiger partial charge in [0.25, 0.3) is 0 Å². The van der Waals surface area contributed by atoms with Crippen molar-refractivity contribution in [2.24, 2.45) is 5.92 Å². The fourth-order valence-electron chi connectivity index (χ4n) is 5.81. The second-order valence-corrected chi connectivity index (χ2v) is 10.8. The minimum atomic E-state index is -0.697. The molecular weight excluding hydrogens is 464 g/mol. The van der Waals surface area contributed by atoms with Gasteiger partial charge in [0.15, 0.2) is 5.78 Å². The van der Waals surface area contributed by atoms with Crippen LogP contribution in [0.2, 0.25) is 0 Å². The fourth-order valence-corrected chi connectivity index (χ4v) is 5.81. The van der Waals surface area contributed by atoms with E-state index in [0.717, 1.165) is 56.1 Å². The summed E-state index contributed by atoms with van der Waals surface area (Å²) in [4.78, 5) is 38.5. The summed E-state index contributed by atoms with van der Waals surface area (Å²) in [6.07, 6.45) is 8.97. The number of ketones is 1. The first-order valence-electron chi connectivity index (χ1n) is 13.9. The van der Waals surface area contributed by atoms with Crippen molar-refractivity contribution in [3.63, 3.8) is 0 Å². The Morgan fingerprint density at radius 3 is 2.41 bits per heavy atom. The van der Waals surface area contributed by atoms with Crippen molar-refractivity contribution >= 4 is 23.5 Å². The summed E-state index contributed by atoms with van der Waals surface area (Å²) in [7, 11) is 0. The topological polar surface area (TPSA) is 86.7 Å². The third-order valence-corrected chi connectivity index (χ3v) is 8.03. The highest BCUT2D eigenvalue weighted by molar-refractivity contribution is 6.09. The maximum absolute atomic E-state index is 13.0. The predicted octanol–water partition coefficient (Wildman–Crippen LogP) is 7.17. The van der Waals surface area contributed by atoms with Gasteiger partial charge in [-0.2, -0.15) is 0 Å². The third-order valence-electron chi connectivity index (χ3n) is 8.03. The number of benzene rings is 2. The number of anilines is 1. The number of carbonyl (C=O) groups is 3. The molecule has 6 heteroatoms. The lowest BCUT2D eigenvalue weighted by Crippen LogP contribution is -2.46. The predicted molar refractivity (Wildman–Crippen MR) is 147 cm³/mol. The molecule has 1 heterocycles. The molecule has 4 rings (SSSR count). The molecule has 0 spiro atoms. The molecule has 37 heavy (non-hydrogen) atoms. The van der Waals surface area contributed by atoms with Crippen molar-refractivity contribution in [3.8, 4) is 11.1 Å². The number of hydrogen-bond donors (Lipinski definition) is 2. The van der Waals surface area contributed by atoms with Gasteiger partial charge in [0.1, 0.15) is 0 Å². The zero-order valence-corrected chi connectivity index (χ0v) is 22.2. The van der Waals surface area contributed by atoms with E-state index >= 15 is 0 Å². The van der Waals surface area contributed by atoms with E-state index in [1.165, 1.54) is 12.0 Å². The van der Waals surface area contributed by atoms with E-state index in [-0.39, 0.29) is 24.3 Å². The van der Waals surface area contributed by atoms with Crippen LogP contribution in [-0.4, -0.2) is 35.5 Å². The van der Waals surface area contributed by atoms with Crippen LogP contribution in [0.5, 0.6) is 0 Å². The number of carboxylic acids is 1. The van der Waals surface area contributed by atoms with E-state index in [0.29, 0.717) is 36.1 Å². The number of fused-ring (bicyclic) bond motifs is 1. The first kappa shape index (κ1) is 26.9. The lowest BCUT2D eigenvalue weighted by Gasteiger charge is -2.30. The van der Waals surface area contributed by atoms with E-state index in [1.807, 2.05) is 25.1 Å². The zero-order valence-electron chi connectivity index (χ0n) is 22.2. The largest absolute Gasteiger partial charge is 0.481 e. The van der Waals surface area contributed by atoms with Crippen LogP contribution in [0.3, 0.4) is 0 Å². The molecule has 0 radical (unpaired) electrons. The fraction of sp³-hybridized carbons (Fsp3) is 0.516. The molecule has 2 aromatic rings. The maximum Gasteiger partial charge on any atom is 0.322 e. The zero-order chi connectivity index (χ0) is 26.4. The Bertz CT molecular complexity index is 1100. The minimum absolute atomic E-state index is 0.0756. The number of aliphatic carboxylic acids is 1. The summed E-state index contributed by atoms with van der Waals surface area (Å²) in [5.74, 6) is 0.149. The summed E-state index contributed by atoms with van der Waals surface area (Å²) in [6, 6.07) is 14.3. The Kier molecular flexibility index (Phi) is 9.01. The highest BCUT2D eigenvalue weighted by Gasteiger charge is 2.28. The van der Waals surface area contributed by atoms with Crippen LogP contribution in [0.15, 0.2) is 42.5 Å². The number of carbonyl (C=O) groups excluding carboxylic acids is 2. The Morgan fingerprint density at radius 2 is 1.73 bits per heavy atom. The van der Waals surface area contributed by atoms with Crippen molar-refractivity contribution in [1.82, 2.24) is 5.32 Å². The number of Topliss-reactive ketones (excluding diaryl/α,β-unsaturated/α-hetero) is 1. The standard InChI is InChI=1S/C31H40N2O4/c1-3-4-5-6-21(2)32-31(37)33-18-17-29(34)27-20-26(15-16-28(27)33)25-13-11-24(12-14-25)23-9-7-22(8-10-23)19-30(35)36/h11-16,20-23H,3-10,17-19H2,1-2H3,(H,32,37)(H,35,36). The van der Waals surface area contributed by atoms with Crippen LogP contribution in [0, 0.1) is 5.92 Å². The number of rotatable bonds is 9. The number of hydrogen-bond acceptors (Lipinski definition) is 3. The van der Waals surface area contributed by atoms with Gasteiger partial charge in [-0.1, -0.05) is 56.5 Å². The lowest BCUT2D eigenvalue weighted by molar-refractivity contribution is -0.138. The van der Waals surface area contributed by atoms with Crippen LogP contribution < -0.4 is 10.2 Å². The number of nitrogens with one attached hydrogen (secondary N) is 1.